The summed E-state index contributed by atoms with van der Waals surface area (Å²) in [6, 6.07) is 10.3. The zero-order valence-corrected chi connectivity index (χ0v) is 15.7. The molecule has 0 saturated heterocycles. The van der Waals surface area contributed by atoms with Gasteiger partial charge in [-0.1, -0.05) is 17.8 Å². The van der Waals surface area contributed by atoms with Gasteiger partial charge in [0.1, 0.15) is 5.82 Å². The molecule has 1 aromatic carbocycles. The van der Waals surface area contributed by atoms with Gasteiger partial charge in [0, 0.05) is 37.8 Å². The van der Waals surface area contributed by atoms with Gasteiger partial charge in [-0.05, 0) is 42.2 Å². The summed E-state index contributed by atoms with van der Waals surface area (Å²) in [7, 11) is 0. The first-order valence-corrected chi connectivity index (χ1v) is 9.94. The number of benzene rings is 1. The number of pyridine rings is 1. The fourth-order valence-corrected chi connectivity index (χ4v) is 3.65. The first-order chi connectivity index (χ1) is 13.1. The molecular weight excluding hydrogens is 363 g/mol. The summed E-state index contributed by atoms with van der Waals surface area (Å²) >= 11 is 1.45. The van der Waals surface area contributed by atoms with E-state index in [0.29, 0.717) is 11.7 Å². The van der Waals surface area contributed by atoms with Gasteiger partial charge in [0.15, 0.2) is 5.16 Å². The summed E-state index contributed by atoms with van der Waals surface area (Å²) in [4.78, 5) is 26.4. The van der Waals surface area contributed by atoms with Crippen molar-refractivity contribution in [3.8, 4) is 11.3 Å². The van der Waals surface area contributed by atoms with Crippen molar-refractivity contribution in [3.63, 3.8) is 0 Å². The number of fused-ring (bicyclic) bond motifs is 1. The van der Waals surface area contributed by atoms with Gasteiger partial charge < -0.3 is 4.98 Å². The van der Waals surface area contributed by atoms with Crippen molar-refractivity contribution >= 4 is 11.8 Å². The molecule has 3 aromatic rings. The van der Waals surface area contributed by atoms with E-state index >= 15 is 0 Å². The van der Waals surface area contributed by atoms with Crippen LogP contribution in [0.3, 0.4) is 0 Å². The molecule has 7 heteroatoms. The fraction of sp³-hybridized carbons (Fsp3) is 0.250. The summed E-state index contributed by atoms with van der Waals surface area (Å²) in [5.41, 5.74) is 4.40. The minimum atomic E-state index is -0.255. The van der Waals surface area contributed by atoms with Crippen LogP contribution < -0.4 is 5.56 Å². The lowest BCUT2D eigenvalue weighted by atomic mass is 10.1. The molecule has 1 aliphatic rings. The highest BCUT2D eigenvalue weighted by Gasteiger charge is 2.21. The monoisotopic (exact) mass is 382 g/mol. The van der Waals surface area contributed by atoms with Gasteiger partial charge in [-0.2, -0.15) is 0 Å². The number of aromatic amines is 1. The number of H-pyrrole nitrogens is 1. The zero-order chi connectivity index (χ0) is 18.8. The van der Waals surface area contributed by atoms with Gasteiger partial charge in [-0.25, -0.2) is 9.37 Å². The summed E-state index contributed by atoms with van der Waals surface area (Å²) < 4.78 is 13.0. The molecule has 3 heterocycles. The lowest BCUT2D eigenvalue weighted by Crippen LogP contribution is -2.35. The van der Waals surface area contributed by atoms with Gasteiger partial charge in [0.05, 0.1) is 17.0 Å². The van der Waals surface area contributed by atoms with Gasteiger partial charge in [0.25, 0.3) is 5.56 Å². The minimum absolute atomic E-state index is 0.0427. The van der Waals surface area contributed by atoms with Crippen LogP contribution in [0.4, 0.5) is 4.39 Å². The highest BCUT2D eigenvalue weighted by atomic mass is 32.2. The second kappa shape index (κ2) is 7.62. The molecule has 0 aliphatic carbocycles. The number of aromatic nitrogens is 3. The predicted octanol–water partition coefficient (Wildman–Crippen LogP) is 3.25. The number of halogens is 1. The van der Waals surface area contributed by atoms with Gasteiger partial charge in [-0.3, -0.25) is 14.7 Å². The maximum Gasteiger partial charge on any atom is 0.256 e. The van der Waals surface area contributed by atoms with Crippen molar-refractivity contribution in [2.45, 2.75) is 24.7 Å². The molecule has 1 N–H and O–H groups in total. The molecule has 5 nitrogen and oxygen atoms in total. The largest absolute Gasteiger partial charge is 0.301 e. The maximum atomic E-state index is 13.0. The molecule has 0 amide bonds. The van der Waals surface area contributed by atoms with Crippen LogP contribution in [0, 0.1) is 5.82 Å². The third kappa shape index (κ3) is 3.94. The van der Waals surface area contributed by atoms with Crippen molar-refractivity contribution in [3.05, 3.63) is 75.6 Å². The molecule has 0 spiro atoms. The molecule has 0 atom stereocenters. The smallest absolute Gasteiger partial charge is 0.256 e. The van der Waals surface area contributed by atoms with E-state index in [1.165, 1.54) is 23.9 Å². The number of nitrogens with one attached hydrogen (secondary N) is 1. The van der Waals surface area contributed by atoms with E-state index in [1.54, 1.807) is 12.1 Å². The van der Waals surface area contributed by atoms with Crippen LogP contribution in [-0.2, 0) is 19.5 Å². The molecule has 0 radical (unpaired) electrons. The zero-order valence-electron chi connectivity index (χ0n) is 14.9. The number of hydrogen-bond acceptors (Lipinski definition) is 5. The second-order valence-corrected chi connectivity index (χ2v) is 7.31. The molecule has 27 heavy (non-hydrogen) atoms. The van der Waals surface area contributed by atoms with E-state index in [0.717, 1.165) is 47.6 Å². The lowest BCUT2D eigenvalue weighted by molar-refractivity contribution is 0.240. The number of thioether (sulfide) groups is 1. The standard InChI is InChI=1S/C20H19FN4OS/c1-27-20-23-18-8-9-25(12-16(18)19(26)24-20)11-13-2-7-17(22-10-13)14-3-5-15(21)6-4-14/h2-7,10H,8-9,11-12H2,1H3,(H,23,24,26). The quantitative estimate of drug-likeness (QED) is 0.554. The van der Waals surface area contributed by atoms with E-state index in [4.69, 9.17) is 0 Å². The van der Waals surface area contributed by atoms with Crippen LogP contribution >= 0.6 is 11.8 Å². The third-order valence-corrected chi connectivity index (χ3v) is 5.27. The molecule has 0 fully saturated rings. The lowest BCUT2D eigenvalue weighted by Gasteiger charge is -2.27. The summed E-state index contributed by atoms with van der Waals surface area (Å²) in [5, 5.41) is 0.674. The van der Waals surface area contributed by atoms with Crippen LogP contribution in [0.2, 0.25) is 0 Å². The number of rotatable bonds is 4. The molecule has 0 bridgehead atoms. The average Bonchev–Trinajstić information content (AvgIpc) is 2.69. The summed E-state index contributed by atoms with van der Waals surface area (Å²) in [5.74, 6) is -0.255. The van der Waals surface area contributed by atoms with E-state index in [-0.39, 0.29) is 11.4 Å². The van der Waals surface area contributed by atoms with Crippen molar-refractivity contribution in [1.29, 1.82) is 0 Å². The van der Waals surface area contributed by atoms with Gasteiger partial charge >= 0.3 is 0 Å². The van der Waals surface area contributed by atoms with Crippen LogP contribution in [0.1, 0.15) is 16.8 Å². The Morgan fingerprint density at radius 2 is 2.04 bits per heavy atom. The normalized spacial score (nSPS) is 14.1. The highest BCUT2D eigenvalue weighted by Crippen LogP contribution is 2.20. The van der Waals surface area contributed by atoms with Gasteiger partial charge in [-0.15, -0.1) is 0 Å². The van der Waals surface area contributed by atoms with Crippen LogP contribution in [0.5, 0.6) is 0 Å². The SMILES string of the molecule is CSc1nc2c(c(=O)[nH]1)CN(Cc1ccc(-c3ccc(F)cc3)nc1)CC2. The number of nitrogens with zero attached hydrogens (tertiary/aromatic N) is 3. The molecule has 4 rings (SSSR count). The Morgan fingerprint density at radius 1 is 1.22 bits per heavy atom. The summed E-state index contributed by atoms with van der Waals surface area (Å²) in [6.07, 6.45) is 4.52. The predicted molar refractivity (Wildman–Crippen MR) is 104 cm³/mol. The van der Waals surface area contributed by atoms with Gasteiger partial charge in [0.2, 0.25) is 0 Å². The average molecular weight is 382 g/mol. The molecule has 0 unspecified atom stereocenters. The first-order valence-electron chi connectivity index (χ1n) is 8.71. The van der Waals surface area contributed by atoms with Crippen LogP contribution in [-0.4, -0.2) is 32.7 Å². The van der Waals surface area contributed by atoms with Crippen LogP contribution in [0.25, 0.3) is 11.3 Å². The molecule has 1 aliphatic heterocycles. The third-order valence-electron chi connectivity index (χ3n) is 4.69. The molecular formula is C20H19FN4OS. The summed E-state index contributed by atoms with van der Waals surface area (Å²) in [6.45, 7) is 2.17. The van der Waals surface area contributed by atoms with E-state index in [9.17, 15) is 9.18 Å². The Kier molecular flexibility index (Phi) is 5.05. The second-order valence-electron chi connectivity index (χ2n) is 6.52. The van der Waals surface area contributed by atoms with E-state index in [2.05, 4.69) is 19.9 Å². The first kappa shape index (κ1) is 17.9. The molecule has 0 saturated carbocycles. The molecule has 138 valence electrons. The Bertz CT molecular complexity index is 1000. The maximum absolute atomic E-state index is 13.0. The Labute approximate surface area is 160 Å². The highest BCUT2D eigenvalue weighted by molar-refractivity contribution is 7.98. The Balaban J connectivity index is 1.47. The topological polar surface area (TPSA) is 61.9 Å². The minimum Gasteiger partial charge on any atom is -0.301 e. The molecule has 2 aromatic heterocycles. The van der Waals surface area contributed by atoms with Crippen molar-refractivity contribution < 1.29 is 4.39 Å². The fourth-order valence-electron chi connectivity index (χ4n) is 3.26. The number of hydrogen-bond donors (Lipinski definition) is 1. The van der Waals surface area contributed by atoms with E-state index in [1.807, 2.05) is 24.6 Å². The van der Waals surface area contributed by atoms with Crippen molar-refractivity contribution in [1.82, 2.24) is 19.9 Å². The Morgan fingerprint density at radius 3 is 2.74 bits per heavy atom. The van der Waals surface area contributed by atoms with Crippen LogP contribution in [0.15, 0.2) is 52.5 Å². The van der Waals surface area contributed by atoms with E-state index < -0.39 is 0 Å². The van der Waals surface area contributed by atoms with Crippen molar-refractivity contribution in [2.75, 3.05) is 12.8 Å². The van der Waals surface area contributed by atoms with Crippen molar-refractivity contribution in [2.24, 2.45) is 0 Å². The Hall–Kier alpha value is -2.51.